The molecule has 0 fully saturated rings. The highest BCUT2D eigenvalue weighted by molar-refractivity contribution is 6.78. The molecule has 0 radical (unpaired) electrons. The molecule has 1 aromatic rings. The Kier molecular flexibility index (Phi) is 5.23. The van der Waals surface area contributed by atoms with E-state index in [2.05, 4.69) is 9.64 Å². The van der Waals surface area contributed by atoms with Gasteiger partial charge in [-0.05, 0) is 19.6 Å². The topological polar surface area (TPSA) is 24.4 Å². The van der Waals surface area contributed by atoms with Crippen LogP contribution in [0.1, 0.15) is 5.56 Å². The molecule has 0 amide bonds. The van der Waals surface area contributed by atoms with Crippen LogP contribution in [0.2, 0.25) is 39.3 Å². The molecule has 0 spiro atoms. The summed E-state index contributed by atoms with van der Waals surface area (Å²) >= 11 is 0. The van der Waals surface area contributed by atoms with E-state index in [0.717, 1.165) is 0 Å². The second-order valence-corrected chi connectivity index (χ2v) is 16.3. The zero-order valence-corrected chi connectivity index (χ0v) is 15.3. The third-order valence-corrected chi connectivity index (χ3v) is 4.27. The molecular weight excluding hydrogens is 335 g/mol. The van der Waals surface area contributed by atoms with Gasteiger partial charge >= 0.3 is 0 Å². The molecule has 0 aliphatic rings. The molecular formula is C13H19F5N2Si2. The molecule has 0 bridgehead atoms. The number of hydrogen-bond donors (Lipinski definition) is 1. The Bertz CT molecular complexity index is 589. The van der Waals surface area contributed by atoms with Gasteiger partial charge in [0.1, 0.15) is 14.1 Å². The van der Waals surface area contributed by atoms with Gasteiger partial charge in [-0.25, -0.2) is 22.0 Å². The van der Waals surface area contributed by atoms with E-state index in [1.54, 1.807) is 19.6 Å². The van der Waals surface area contributed by atoms with Crippen molar-refractivity contribution in [1.82, 2.24) is 4.98 Å². The quantitative estimate of drug-likeness (QED) is 0.214. The lowest BCUT2D eigenvalue weighted by molar-refractivity contribution is 0.377. The van der Waals surface area contributed by atoms with Crippen molar-refractivity contribution in [3.63, 3.8) is 0 Å². The van der Waals surface area contributed by atoms with Crippen molar-refractivity contribution in [3.05, 3.63) is 34.6 Å². The van der Waals surface area contributed by atoms with Crippen LogP contribution in [0.5, 0.6) is 0 Å². The van der Waals surface area contributed by atoms with Gasteiger partial charge in [0.25, 0.3) is 0 Å². The Balaban J connectivity index is 3.68. The molecule has 2 nitrogen and oxygen atoms in total. The molecule has 22 heavy (non-hydrogen) atoms. The summed E-state index contributed by atoms with van der Waals surface area (Å²) in [4.78, 5) is 2.87. The SMILES string of the molecule is C[Si](C)(C)/N=C(\N[Si](C)(C)C)c1c(F)c(F)c(F)c(F)c1F. The first kappa shape index (κ1) is 18.8. The summed E-state index contributed by atoms with van der Waals surface area (Å²) in [5.41, 5.74) is -0.985. The monoisotopic (exact) mass is 354 g/mol. The lowest BCUT2D eigenvalue weighted by Gasteiger charge is -2.24. The maximum absolute atomic E-state index is 14.0. The van der Waals surface area contributed by atoms with E-state index in [9.17, 15) is 22.0 Å². The van der Waals surface area contributed by atoms with E-state index < -0.39 is 51.1 Å². The molecule has 0 aliphatic heterocycles. The predicted octanol–water partition coefficient (Wildman–Crippen LogP) is 4.39. The maximum atomic E-state index is 14.0. The number of rotatable bonds is 3. The normalized spacial score (nSPS) is 13.5. The summed E-state index contributed by atoms with van der Waals surface area (Å²) in [5, 5.41) is 0. The van der Waals surface area contributed by atoms with Crippen LogP contribution in [0.3, 0.4) is 0 Å². The Hall–Kier alpha value is -1.23. The molecule has 1 rings (SSSR count). The van der Waals surface area contributed by atoms with Crippen LogP contribution >= 0.6 is 0 Å². The minimum absolute atomic E-state index is 0.258. The van der Waals surface area contributed by atoms with Gasteiger partial charge in [0.2, 0.25) is 5.82 Å². The Morgan fingerprint density at radius 3 is 1.41 bits per heavy atom. The van der Waals surface area contributed by atoms with Crippen LogP contribution in [0.25, 0.3) is 0 Å². The van der Waals surface area contributed by atoms with Crippen molar-refractivity contribution >= 4 is 22.3 Å². The molecule has 0 heterocycles. The van der Waals surface area contributed by atoms with Gasteiger partial charge in [0.15, 0.2) is 31.5 Å². The highest BCUT2D eigenvalue weighted by Gasteiger charge is 2.31. The second-order valence-electron chi connectivity index (χ2n) is 6.95. The summed E-state index contributed by atoms with van der Waals surface area (Å²) in [6.07, 6.45) is 0. The fourth-order valence-electron chi connectivity index (χ4n) is 1.65. The van der Waals surface area contributed by atoms with Crippen LogP contribution in [-0.2, 0) is 0 Å². The van der Waals surface area contributed by atoms with Crippen molar-refractivity contribution in [2.45, 2.75) is 39.3 Å². The molecule has 9 heteroatoms. The number of amidine groups is 1. The average Bonchev–Trinajstić information content (AvgIpc) is 2.30. The molecule has 0 unspecified atom stereocenters. The Morgan fingerprint density at radius 2 is 1.09 bits per heavy atom. The first-order valence-electron chi connectivity index (χ1n) is 6.64. The lowest BCUT2D eigenvalue weighted by atomic mass is 10.1. The Labute approximate surface area is 128 Å². The first-order valence-corrected chi connectivity index (χ1v) is 13.6. The second kappa shape index (κ2) is 6.11. The smallest absolute Gasteiger partial charge is 0.200 e. The number of halogens is 5. The summed E-state index contributed by atoms with van der Waals surface area (Å²) in [7, 11) is -4.35. The highest BCUT2D eigenvalue weighted by atomic mass is 28.3. The summed E-state index contributed by atoms with van der Waals surface area (Å²) in [6.45, 7) is 10.9. The zero-order chi connectivity index (χ0) is 17.5. The van der Waals surface area contributed by atoms with E-state index in [0.29, 0.717) is 0 Å². The van der Waals surface area contributed by atoms with Crippen LogP contribution in [0.4, 0.5) is 22.0 Å². The van der Waals surface area contributed by atoms with Gasteiger partial charge in [-0.15, -0.1) is 0 Å². The van der Waals surface area contributed by atoms with E-state index in [4.69, 9.17) is 0 Å². The van der Waals surface area contributed by atoms with Crippen LogP contribution < -0.4 is 4.98 Å². The summed E-state index contributed by atoms with van der Waals surface area (Å²) < 4.78 is 72.2. The Morgan fingerprint density at radius 1 is 0.727 bits per heavy atom. The van der Waals surface area contributed by atoms with Gasteiger partial charge in [-0.2, -0.15) is 0 Å². The summed E-state index contributed by atoms with van der Waals surface area (Å²) in [6, 6.07) is 0. The predicted molar refractivity (Wildman–Crippen MR) is 82.6 cm³/mol. The third kappa shape index (κ3) is 4.39. The van der Waals surface area contributed by atoms with Crippen LogP contribution in [-0.4, -0.2) is 22.3 Å². The molecule has 124 valence electrons. The third-order valence-electron chi connectivity index (χ3n) is 2.39. The number of nitrogens with one attached hydrogen (secondary N) is 1. The molecule has 0 aromatic heterocycles. The van der Waals surface area contributed by atoms with Crippen molar-refractivity contribution in [3.8, 4) is 0 Å². The van der Waals surface area contributed by atoms with Gasteiger partial charge in [-0.3, -0.25) is 0 Å². The van der Waals surface area contributed by atoms with E-state index in [1.165, 1.54) is 0 Å². The van der Waals surface area contributed by atoms with Gasteiger partial charge in [0, 0.05) is 0 Å². The van der Waals surface area contributed by atoms with Crippen molar-refractivity contribution in [1.29, 1.82) is 0 Å². The fraction of sp³-hybridized carbons (Fsp3) is 0.462. The number of benzene rings is 1. The molecule has 0 atom stereocenters. The van der Waals surface area contributed by atoms with Gasteiger partial charge in [-0.1, -0.05) is 19.6 Å². The van der Waals surface area contributed by atoms with E-state index in [-0.39, 0.29) is 5.84 Å². The minimum Gasteiger partial charge on any atom is -0.396 e. The van der Waals surface area contributed by atoms with Crippen molar-refractivity contribution in [2.24, 2.45) is 4.66 Å². The first-order chi connectivity index (χ1) is 9.74. The fourth-order valence-corrected chi connectivity index (χ4v) is 3.49. The average molecular weight is 354 g/mol. The standard InChI is InChI=1S/C13H19F5N2Si2/c1-21(2,3)19-13(20-22(4,5)6)7-8(14)10(16)12(18)11(17)9(7)15/h1-6H3,(H,19,20). The lowest BCUT2D eigenvalue weighted by Crippen LogP contribution is -2.47. The molecule has 0 saturated heterocycles. The highest BCUT2D eigenvalue weighted by Crippen LogP contribution is 2.24. The molecule has 1 aromatic carbocycles. The van der Waals surface area contributed by atoms with Crippen molar-refractivity contribution < 1.29 is 22.0 Å². The van der Waals surface area contributed by atoms with Crippen LogP contribution in [0, 0.1) is 29.1 Å². The van der Waals surface area contributed by atoms with E-state index in [1.807, 2.05) is 19.6 Å². The van der Waals surface area contributed by atoms with Crippen molar-refractivity contribution in [2.75, 3.05) is 0 Å². The van der Waals surface area contributed by atoms with Gasteiger partial charge in [0.05, 0.1) is 5.56 Å². The molecule has 0 aliphatic carbocycles. The zero-order valence-electron chi connectivity index (χ0n) is 13.3. The number of nitrogens with zero attached hydrogens (tertiary/aromatic N) is 1. The molecule has 1 N–H and O–H groups in total. The number of hydrogen-bond acceptors (Lipinski definition) is 1. The van der Waals surface area contributed by atoms with E-state index >= 15 is 0 Å². The van der Waals surface area contributed by atoms with Crippen LogP contribution in [0.15, 0.2) is 4.66 Å². The molecule has 0 saturated carbocycles. The summed E-state index contributed by atoms with van der Waals surface area (Å²) in [5.74, 6) is -10.1. The minimum atomic E-state index is -2.22. The van der Waals surface area contributed by atoms with Gasteiger partial charge < -0.3 is 9.64 Å². The largest absolute Gasteiger partial charge is 0.396 e. The maximum Gasteiger partial charge on any atom is 0.200 e.